The number of hydrogen-bond donors (Lipinski definition) is 1. The lowest BCUT2D eigenvalue weighted by atomic mass is 9.84. The highest BCUT2D eigenvalue weighted by molar-refractivity contribution is 7.08. The number of nitrogens with zero attached hydrogens (tertiary/aromatic N) is 2. The summed E-state index contributed by atoms with van der Waals surface area (Å²) in [6, 6.07) is -0.115. The standard InChI is InChI=1S/C14H19N3O3S/c1-3-9-12(21-17-16-9)13(18)15-11-8-5-4-7(6-8)10(11)14(19)20-2/h7-8,10-11H,3-6H2,1-2H3,(H,15,18)/t7-,8-,10-,11-/m0/s1. The van der Waals surface area contributed by atoms with Crippen LogP contribution in [-0.2, 0) is 16.0 Å². The van der Waals surface area contributed by atoms with Crippen molar-refractivity contribution in [2.45, 2.75) is 38.6 Å². The predicted molar refractivity (Wildman–Crippen MR) is 76.9 cm³/mol. The maximum absolute atomic E-state index is 12.4. The van der Waals surface area contributed by atoms with Gasteiger partial charge < -0.3 is 10.1 Å². The fraction of sp³-hybridized carbons (Fsp3) is 0.714. The van der Waals surface area contributed by atoms with Crippen molar-refractivity contribution in [3.63, 3.8) is 0 Å². The minimum atomic E-state index is -0.205. The topological polar surface area (TPSA) is 81.2 Å². The van der Waals surface area contributed by atoms with E-state index in [2.05, 4.69) is 14.9 Å². The number of hydrogen-bond acceptors (Lipinski definition) is 6. The maximum atomic E-state index is 12.4. The van der Waals surface area contributed by atoms with Crippen molar-refractivity contribution in [1.82, 2.24) is 14.9 Å². The van der Waals surface area contributed by atoms with Crippen LogP contribution in [0.1, 0.15) is 41.6 Å². The van der Waals surface area contributed by atoms with Crippen LogP contribution in [0.5, 0.6) is 0 Å². The van der Waals surface area contributed by atoms with Crippen LogP contribution in [0.2, 0.25) is 0 Å². The van der Waals surface area contributed by atoms with E-state index in [4.69, 9.17) is 4.74 Å². The molecule has 1 aromatic rings. The number of carbonyl (C=O) groups is 2. The van der Waals surface area contributed by atoms with Gasteiger partial charge in [0.1, 0.15) is 4.88 Å². The van der Waals surface area contributed by atoms with Crippen molar-refractivity contribution in [1.29, 1.82) is 0 Å². The van der Waals surface area contributed by atoms with Gasteiger partial charge in [0, 0.05) is 6.04 Å². The predicted octanol–water partition coefficient (Wildman–Crippen LogP) is 1.42. The number of methoxy groups -OCH3 is 1. The number of fused-ring (bicyclic) bond motifs is 2. The van der Waals surface area contributed by atoms with Gasteiger partial charge in [0.25, 0.3) is 5.91 Å². The quantitative estimate of drug-likeness (QED) is 0.851. The van der Waals surface area contributed by atoms with Crippen LogP contribution >= 0.6 is 11.5 Å². The highest BCUT2D eigenvalue weighted by Gasteiger charge is 2.52. The summed E-state index contributed by atoms with van der Waals surface area (Å²) in [4.78, 5) is 25.0. The summed E-state index contributed by atoms with van der Waals surface area (Å²) in [5.41, 5.74) is 0.718. The van der Waals surface area contributed by atoms with Crippen LogP contribution in [-0.4, -0.2) is 34.6 Å². The SMILES string of the molecule is CCc1nnsc1C(=O)N[C@H]1[C@H]2CC[C@@H](C2)[C@@H]1C(=O)OC. The first-order valence-corrected chi connectivity index (χ1v) is 8.13. The van der Waals surface area contributed by atoms with Crippen LogP contribution < -0.4 is 5.32 Å². The van der Waals surface area contributed by atoms with E-state index in [0.29, 0.717) is 23.1 Å². The van der Waals surface area contributed by atoms with Gasteiger partial charge in [0.15, 0.2) is 0 Å². The molecule has 2 bridgehead atoms. The van der Waals surface area contributed by atoms with Gasteiger partial charge in [-0.05, 0) is 49.1 Å². The molecule has 1 aromatic heterocycles. The third kappa shape index (κ3) is 2.43. The lowest BCUT2D eigenvalue weighted by Crippen LogP contribution is -2.47. The average Bonchev–Trinajstić information content (AvgIpc) is 3.20. The van der Waals surface area contributed by atoms with E-state index < -0.39 is 0 Å². The Morgan fingerprint density at radius 1 is 1.38 bits per heavy atom. The Morgan fingerprint density at radius 3 is 2.86 bits per heavy atom. The minimum absolute atomic E-state index is 0.115. The number of ether oxygens (including phenoxy) is 1. The zero-order valence-corrected chi connectivity index (χ0v) is 13.0. The first-order valence-electron chi connectivity index (χ1n) is 7.35. The maximum Gasteiger partial charge on any atom is 0.311 e. The van der Waals surface area contributed by atoms with Gasteiger partial charge in [-0.15, -0.1) is 5.10 Å². The van der Waals surface area contributed by atoms with E-state index in [-0.39, 0.29) is 23.8 Å². The second-order valence-electron chi connectivity index (χ2n) is 5.78. The zero-order valence-electron chi connectivity index (χ0n) is 12.2. The number of amides is 1. The van der Waals surface area contributed by atoms with Crippen molar-refractivity contribution in [3.8, 4) is 0 Å². The molecule has 0 aromatic carbocycles. The van der Waals surface area contributed by atoms with Gasteiger partial charge in [-0.1, -0.05) is 11.4 Å². The van der Waals surface area contributed by atoms with E-state index in [0.717, 1.165) is 36.5 Å². The lowest BCUT2D eigenvalue weighted by Gasteiger charge is -2.29. The summed E-state index contributed by atoms with van der Waals surface area (Å²) in [5.74, 6) is 0.162. The smallest absolute Gasteiger partial charge is 0.311 e. The van der Waals surface area contributed by atoms with Crippen molar-refractivity contribution >= 4 is 23.4 Å². The highest BCUT2D eigenvalue weighted by Crippen LogP contribution is 2.49. The Balaban J connectivity index is 1.77. The summed E-state index contributed by atoms with van der Waals surface area (Å²) in [6.07, 6.45) is 3.81. The molecule has 7 heteroatoms. The number of esters is 1. The normalized spacial score (nSPS) is 30.4. The molecule has 2 saturated carbocycles. The molecule has 1 N–H and O–H groups in total. The monoisotopic (exact) mass is 309 g/mol. The zero-order chi connectivity index (χ0) is 15.0. The summed E-state index contributed by atoms with van der Waals surface area (Å²) in [5, 5.41) is 7.01. The molecule has 0 spiro atoms. The molecule has 3 rings (SSSR count). The number of nitrogens with one attached hydrogen (secondary N) is 1. The third-order valence-electron chi connectivity index (χ3n) is 4.78. The van der Waals surface area contributed by atoms with Crippen molar-refractivity contribution in [3.05, 3.63) is 10.6 Å². The summed E-state index contributed by atoms with van der Waals surface area (Å²) < 4.78 is 8.77. The fourth-order valence-electron chi connectivity index (χ4n) is 3.80. The van der Waals surface area contributed by atoms with Crippen LogP contribution in [0, 0.1) is 17.8 Å². The molecule has 1 amide bonds. The molecule has 21 heavy (non-hydrogen) atoms. The van der Waals surface area contributed by atoms with E-state index >= 15 is 0 Å². The first kappa shape index (κ1) is 14.4. The fourth-order valence-corrected chi connectivity index (χ4v) is 4.46. The molecule has 0 unspecified atom stereocenters. The third-order valence-corrected chi connectivity index (χ3v) is 5.55. The van der Waals surface area contributed by atoms with Gasteiger partial charge >= 0.3 is 5.97 Å². The van der Waals surface area contributed by atoms with Crippen molar-refractivity contribution < 1.29 is 14.3 Å². The van der Waals surface area contributed by atoms with Crippen molar-refractivity contribution in [2.24, 2.45) is 17.8 Å². The molecule has 0 aliphatic heterocycles. The number of aromatic nitrogens is 2. The molecule has 2 aliphatic carbocycles. The Kier molecular flexibility index (Phi) is 3.93. The molecular weight excluding hydrogens is 290 g/mol. The Labute approximate surface area is 127 Å². The molecule has 6 nitrogen and oxygen atoms in total. The van der Waals surface area contributed by atoms with Crippen LogP contribution in [0.25, 0.3) is 0 Å². The number of carbonyl (C=O) groups excluding carboxylic acids is 2. The average molecular weight is 309 g/mol. The summed E-state index contributed by atoms with van der Waals surface area (Å²) in [6.45, 7) is 1.95. The highest BCUT2D eigenvalue weighted by atomic mass is 32.1. The van der Waals surface area contributed by atoms with Gasteiger partial charge in [-0.3, -0.25) is 9.59 Å². The van der Waals surface area contributed by atoms with Gasteiger partial charge in [0.2, 0.25) is 0 Å². The van der Waals surface area contributed by atoms with E-state index in [9.17, 15) is 9.59 Å². The lowest BCUT2D eigenvalue weighted by molar-refractivity contribution is -0.148. The molecule has 2 aliphatic rings. The first-order chi connectivity index (χ1) is 10.2. The second kappa shape index (κ2) is 5.71. The van der Waals surface area contributed by atoms with Gasteiger partial charge in [-0.2, -0.15) is 0 Å². The van der Waals surface area contributed by atoms with Crippen LogP contribution in [0.3, 0.4) is 0 Å². The molecule has 0 saturated heterocycles. The molecule has 114 valence electrons. The van der Waals surface area contributed by atoms with Crippen LogP contribution in [0.4, 0.5) is 0 Å². The molecule has 0 radical (unpaired) electrons. The molecule has 2 fully saturated rings. The Hall–Kier alpha value is -1.50. The van der Waals surface area contributed by atoms with Gasteiger partial charge in [0.05, 0.1) is 18.7 Å². The summed E-state index contributed by atoms with van der Waals surface area (Å²) >= 11 is 1.11. The molecular formula is C14H19N3O3S. The summed E-state index contributed by atoms with van der Waals surface area (Å²) in [7, 11) is 1.41. The van der Waals surface area contributed by atoms with Crippen molar-refractivity contribution in [2.75, 3.05) is 7.11 Å². The largest absolute Gasteiger partial charge is 0.469 e. The molecule has 1 heterocycles. The number of aryl methyl sites for hydroxylation is 1. The van der Waals surface area contributed by atoms with E-state index in [1.165, 1.54) is 7.11 Å². The second-order valence-corrected chi connectivity index (χ2v) is 6.54. The van der Waals surface area contributed by atoms with E-state index in [1.54, 1.807) is 0 Å². The molecule has 4 atom stereocenters. The Morgan fingerprint density at radius 2 is 2.14 bits per heavy atom. The minimum Gasteiger partial charge on any atom is -0.469 e. The number of rotatable bonds is 4. The van der Waals surface area contributed by atoms with E-state index in [1.807, 2.05) is 6.92 Å². The van der Waals surface area contributed by atoms with Gasteiger partial charge in [-0.25, -0.2) is 0 Å². The Bertz CT molecular complexity index is 559. The van der Waals surface area contributed by atoms with Crippen LogP contribution in [0.15, 0.2) is 0 Å².